The predicted molar refractivity (Wildman–Crippen MR) is 68.0 cm³/mol. The lowest BCUT2D eigenvalue weighted by Gasteiger charge is -2.24. The van der Waals surface area contributed by atoms with Crippen LogP contribution >= 0.6 is 0 Å². The molecule has 0 bridgehead atoms. The topological polar surface area (TPSA) is 51.0 Å². The van der Waals surface area contributed by atoms with Gasteiger partial charge in [0.25, 0.3) is 0 Å². The first-order valence-corrected chi connectivity index (χ1v) is 6.41. The van der Waals surface area contributed by atoms with Gasteiger partial charge in [-0.3, -0.25) is 4.98 Å². The first kappa shape index (κ1) is 11.4. The van der Waals surface area contributed by atoms with Crippen molar-refractivity contribution in [3.8, 4) is 0 Å². The molecule has 18 heavy (non-hydrogen) atoms. The third-order valence-corrected chi connectivity index (χ3v) is 3.36. The largest absolute Gasteiger partial charge is 0.445 e. The highest BCUT2D eigenvalue weighted by Crippen LogP contribution is 2.27. The highest BCUT2D eigenvalue weighted by molar-refractivity contribution is 5.25. The molecule has 0 fully saturated rings. The Balaban J connectivity index is 1.71. The van der Waals surface area contributed by atoms with Crippen LogP contribution in [0.3, 0.4) is 0 Å². The summed E-state index contributed by atoms with van der Waals surface area (Å²) in [6.45, 7) is 2.57. The minimum atomic E-state index is 0.321. The molecule has 3 rings (SSSR count). The third kappa shape index (κ3) is 2.29. The van der Waals surface area contributed by atoms with Crippen molar-refractivity contribution in [2.45, 2.75) is 38.8 Å². The Kier molecular flexibility index (Phi) is 3.11. The van der Waals surface area contributed by atoms with E-state index >= 15 is 0 Å². The molecule has 1 aliphatic carbocycles. The summed E-state index contributed by atoms with van der Waals surface area (Å²) in [4.78, 5) is 8.71. The first-order valence-electron chi connectivity index (χ1n) is 6.41. The predicted octanol–water partition coefficient (Wildman–Crippen LogP) is 2.55. The van der Waals surface area contributed by atoms with Gasteiger partial charge >= 0.3 is 0 Å². The van der Waals surface area contributed by atoms with Crippen LogP contribution in [0.25, 0.3) is 0 Å². The summed E-state index contributed by atoms with van der Waals surface area (Å²) < 4.78 is 5.47. The maximum atomic E-state index is 5.47. The monoisotopic (exact) mass is 243 g/mol. The smallest absolute Gasteiger partial charge is 0.208 e. The molecule has 94 valence electrons. The van der Waals surface area contributed by atoms with Crippen LogP contribution < -0.4 is 5.32 Å². The molecule has 0 amide bonds. The van der Waals surface area contributed by atoms with Gasteiger partial charge in [0.15, 0.2) is 0 Å². The van der Waals surface area contributed by atoms with E-state index in [1.165, 1.54) is 17.7 Å². The van der Waals surface area contributed by atoms with Gasteiger partial charge in [0.05, 0.1) is 24.5 Å². The molecule has 1 atom stereocenters. The highest BCUT2D eigenvalue weighted by Gasteiger charge is 2.21. The number of hydrogen-bond acceptors (Lipinski definition) is 4. The second-order valence-electron chi connectivity index (χ2n) is 4.74. The van der Waals surface area contributed by atoms with Gasteiger partial charge in [-0.15, -0.1) is 0 Å². The van der Waals surface area contributed by atoms with Gasteiger partial charge in [0, 0.05) is 6.20 Å². The molecule has 2 aromatic heterocycles. The average Bonchev–Trinajstić information content (AvgIpc) is 2.82. The summed E-state index contributed by atoms with van der Waals surface area (Å²) in [5, 5.41) is 3.49. The van der Waals surface area contributed by atoms with Gasteiger partial charge in [-0.05, 0) is 37.8 Å². The number of fused-ring (bicyclic) bond motifs is 1. The van der Waals surface area contributed by atoms with Crippen LogP contribution in [0.4, 0.5) is 0 Å². The van der Waals surface area contributed by atoms with Crippen molar-refractivity contribution in [3.05, 3.63) is 47.4 Å². The van der Waals surface area contributed by atoms with Crippen molar-refractivity contribution in [1.82, 2.24) is 15.3 Å². The van der Waals surface area contributed by atoms with Gasteiger partial charge in [-0.1, -0.05) is 6.07 Å². The van der Waals surface area contributed by atoms with Crippen molar-refractivity contribution in [2.24, 2.45) is 0 Å². The van der Waals surface area contributed by atoms with E-state index in [9.17, 15) is 0 Å². The fourth-order valence-electron chi connectivity index (χ4n) is 2.50. The van der Waals surface area contributed by atoms with E-state index in [4.69, 9.17) is 4.42 Å². The van der Waals surface area contributed by atoms with Gasteiger partial charge in [-0.2, -0.15) is 0 Å². The standard InChI is InChI=1S/C14H17N3O/c1-10-8-17-13(18-10)9-16-12-6-2-4-11-5-3-7-15-14(11)12/h3,5,7-8,12,16H,2,4,6,9H2,1H3. The molecule has 4 heteroatoms. The zero-order valence-corrected chi connectivity index (χ0v) is 10.5. The molecule has 2 aromatic rings. The van der Waals surface area contributed by atoms with Crippen LogP contribution in [0.15, 0.2) is 28.9 Å². The van der Waals surface area contributed by atoms with E-state index in [2.05, 4.69) is 21.4 Å². The molecule has 0 saturated carbocycles. The number of nitrogens with one attached hydrogen (secondary N) is 1. The van der Waals surface area contributed by atoms with Crippen LogP contribution in [0.5, 0.6) is 0 Å². The summed E-state index contributed by atoms with van der Waals surface area (Å²) in [5.74, 6) is 1.60. The lowest BCUT2D eigenvalue weighted by atomic mass is 9.92. The molecule has 1 aliphatic rings. The van der Waals surface area contributed by atoms with Gasteiger partial charge in [-0.25, -0.2) is 4.98 Å². The zero-order chi connectivity index (χ0) is 12.4. The Bertz CT molecular complexity index is 535. The van der Waals surface area contributed by atoms with Crippen LogP contribution in [0, 0.1) is 6.92 Å². The summed E-state index contributed by atoms with van der Waals surface area (Å²) >= 11 is 0. The van der Waals surface area contributed by atoms with Crippen molar-refractivity contribution < 1.29 is 4.42 Å². The van der Waals surface area contributed by atoms with E-state index < -0.39 is 0 Å². The Morgan fingerprint density at radius 2 is 2.39 bits per heavy atom. The quantitative estimate of drug-likeness (QED) is 0.900. The fourth-order valence-corrected chi connectivity index (χ4v) is 2.50. The lowest BCUT2D eigenvalue weighted by molar-refractivity contribution is 0.395. The van der Waals surface area contributed by atoms with Crippen LogP contribution in [0.1, 0.15) is 41.8 Å². The molecule has 0 spiro atoms. The van der Waals surface area contributed by atoms with E-state index in [1.54, 1.807) is 6.20 Å². The summed E-state index contributed by atoms with van der Waals surface area (Å²) in [6, 6.07) is 4.51. The number of aromatic nitrogens is 2. The number of hydrogen-bond donors (Lipinski definition) is 1. The lowest BCUT2D eigenvalue weighted by Crippen LogP contribution is -2.26. The molecular weight excluding hydrogens is 226 g/mol. The number of nitrogens with zero attached hydrogens (tertiary/aromatic N) is 2. The molecular formula is C14H17N3O. The molecule has 2 heterocycles. The van der Waals surface area contributed by atoms with E-state index in [-0.39, 0.29) is 0 Å². The van der Waals surface area contributed by atoms with Crippen molar-refractivity contribution in [3.63, 3.8) is 0 Å². The van der Waals surface area contributed by atoms with Crippen molar-refractivity contribution in [2.75, 3.05) is 0 Å². The summed E-state index contributed by atoms with van der Waals surface area (Å²) in [6.07, 6.45) is 7.10. The SMILES string of the molecule is Cc1cnc(CNC2CCCc3cccnc32)o1. The Morgan fingerprint density at radius 1 is 1.44 bits per heavy atom. The van der Waals surface area contributed by atoms with E-state index in [1.807, 2.05) is 19.2 Å². The summed E-state index contributed by atoms with van der Waals surface area (Å²) in [7, 11) is 0. The van der Waals surface area contributed by atoms with Crippen molar-refractivity contribution in [1.29, 1.82) is 0 Å². The molecule has 0 saturated heterocycles. The zero-order valence-electron chi connectivity index (χ0n) is 10.5. The van der Waals surface area contributed by atoms with Gasteiger partial charge in [0.2, 0.25) is 5.89 Å². The number of oxazole rings is 1. The minimum absolute atomic E-state index is 0.321. The second-order valence-corrected chi connectivity index (χ2v) is 4.74. The number of aryl methyl sites for hydroxylation is 2. The Morgan fingerprint density at radius 3 is 3.22 bits per heavy atom. The molecule has 1 unspecified atom stereocenters. The number of pyridine rings is 1. The van der Waals surface area contributed by atoms with Crippen molar-refractivity contribution >= 4 is 0 Å². The number of rotatable bonds is 3. The Hall–Kier alpha value is -1.68. The molecule has 0 aliphatic heterocycles. The summed E-state index contributed by atoms with van der Waals surface area (Å²) in [5.41, 5.74) is 2.55. The van der Waals surface area contributed by atoms with Crippen LogP contribution in [-0.4, -0.2) is 9.97 Å². The van der Waals surface area contributed by atoms with Crippen LogP contribution in [0.2, 0.25) is 0 Å². The van der Waals surface area contributed by atoms with E-state index in [0.717, 1.165) is 24.5 Å². The minimum Gasteiger partial charge on any atom is -0.445 e. The molecule has 4 nitrogen and oxygen atoms in total. The van der Waals surface area contributed by atoms with Crippen LogP contribution in [-0.2, 0) is 13.0 Å². The molecule has 1 N–H and O–H groups in total. The van der Waals surface area contributed by atoms with Gasteiger partial charge < -0.3 is 9.73 Å². The Labute approximate surface area is 106 Å². The first-order chi connectivity index (χ1) is 8.83. The maximum absolute atomic E-state index is 5.47. The molecule has 0 radical (unpaired) electrons. The average molecular weight is 243 g/mol. The van der Waals surface area contributed by atoms with E-state index in [0.29, 0.717) is 12.6 Å². The molecule has 0 aromatic carbocycles. The third-order valence-electron chi connectivity index (χ3n) is 3.36. The second kappa shape index (κ2) is 4.90. The van der Waals surface area contributed by atoms with Gasteiger partial charge in [0.1, 0.15) is 5.76 Å². The fraction of sp³-hybridized carbons (Fsp3) is 0.429. The highest BCUT2D eigenvalue weighted by atomic mass is 16.4. The normalized spacial score (nSPS) is 18.6. The maximum Gasteiger partial charge on any atom is 0.208 e.